The van der Waals surface area contributed by atoms with Crippen molar-refractivity contribution in [1.82, 2.24) is 0 Å². The summed E-state index contributed by atoms with van der Waals surface area (Å²) in [6.07, 6.45) is 8.57. The minimum Gasteiger partial charge on any atom is -0.321 e. The van der Waals surface area contributed by atoms with Crippen LogP contribution in [0.2, 0.25) is 5.02 Å². The number of rotatable bonds is 3. The largest absolute Gasteiger partial charge is 0.321 e. The van der Waals surface area contributed by atoms with Gasteiger partial charge in [0.05, 0.1) is 0 Å². The third-order valence-corrected chi connectivity index (χ3v) is 4.67. The van der Waals surface area contributed by atoms with Crippen molar-refractivity contribution in [2.24, 2.45) is 11.7 Å². The summed E-state index contributed by atoms with van der Waals surface area (Å²) < 4.78 is 0. The van der Waals surface area contributed by atoms with Crippen molar-refractivity contribution in [2.75, 3.05) is 0 Å². The maximum absolute atomic E-state index is 6.66. The van der Waals surface area contributed by atoms with E-state index in [-0.39, 0.29) is 5.54 Å². The third-order valence-electron chi connectivity index (χ3n) is 4.34. The molecule has 1 fully saturated rings. The Hall–Kier alpha value is -0.530. The molecule has 1 saturated carbocycles. The Bertz CT molecular complexity index is 390. The molecule has 0 spiro atoms. The van der Waals surface area contributed by atoms with Crippen molar-refractivity contribution in [3.8, 4) is 0 Å². The summed E-state index contributed by atoms with van der Waals surface area (Å²) in [6.45, 7) is 2.27. The quantitative estimate of drug-likeness (QED) is 0.775. The van der Waals surface area contributed by atoms with Crippen LogP contribution in [-0.2, 0) is 5.54 Å². The molecule has 1 aromatic carbocycles. The fourth-order valence-corrected chi connectivity index (χ4v) is 3.59. The van der Waals surface area contributed by atoms with Gasteiger partial charge in [0, 0.05) is 10.6 Å². The fraction of sp³-hybridized carbons (Fsp3) is 0.625. The van der Waals surface area contributed by atoms with E-state index in [4.69, 9.17) is 17.3 Å². The highest BCUT2D eigenvalue weighted by Crippen LogP contribution is 2.39. The Kier molecular flexibility index (Phi) is 4.69. The average molecular weight is 266 g/mol. The zero-order chi connectivity index (χ0) is 13.0. The molecule has 0 bridgehead atoms. The number of benzene rings is 1. The lowest BCUT2D eigenvalue weighted by molar-refractivity contribution is 0.367. The van der Waals surface area contributed by atoms with E-state index in [1.165, 1.54) is 32.1 Å². The summed E-state index contributed by atoms with van der Waals surface area (Å²) in [5.74, 6) is 0.864. The van der Waals surface area contributed by atoms with Crippen molar-refractivity contribution in [1.29, 1.82) is 0 Å². The van der Waals surface area contributed by atoms with Crippen LogP contribution in [0.5, 0.6) is 0 Å². The van der Waals surface area contributed by atoms with Gasteiger partial charge in [-0.15, -0.1) is 0 Å². The molecule has 100 valence electrons. The van der Waals surface area contributed by atoms with E-state index >= 15 is 0 Å². The van der Waals surface area contributed by atoms with Crippen LogP contribution in [0, 0.1) is 5.92 Å². The first kappa shape index (κ1) is 13.9. The second-order valence-corrected chi connectivity index (χ2v) is 6.13. The van der Waals surface area contributed by atoms with E-state index in [1.807, 2.05) is 18.2 Å². The molecular weight excluding hydrogens is 242 g/mol. The lowest BCUT2D eigenvalue weighted by Crippen LogP contribution is -2.36. The molecule has 0 aromatic heterocycles. The second kappa shape index (κ2) is 6.08. The Morgan fingerprint density at radius 1 is 1.28 bits per heavy atom. The molecule has 1 nitrogen and oxygen atoms in total. The van der Waals surface area contributed by atoms with Gasteiger partial charge in [0.25, 0.3) is 0 Å². The van der Waals surface area contributed by atoms with Crippen molar-refractivity contribution in [3.63, 3.8) is 0 Å². The summed E-state index contributed by atoms with van der Waals surface area (Å²) in [5, 5.41) is 0.828. The number of halogens is 1. The molecule has 2 rings (SSSR count). The number of nitrogens with two attached hydrogens (primary N) is 1. The van der Waals surface area contributed by atoms with E-state index < -0.39 is 0 Å². The Morgan fingerprint density at radius 2 is 2.06 bits per heavy atom. The van der Waals surface area contributed by atoms with Crippen LogP contribution in [0.1, 0.15) is 57.4 Å². The summed E-state index contributed by atoms with van der Waals surface area (Å²) in [5.41, 5.74) is 7.59. The molecule has 1 aliphatic rings. The van der Waals surface area contributed by atoms with Crippen LogP contribution >= 0.6 is 11.6 Å². The fourth-order valence-electron chi connectivity index (χ4n) is 3.27. The van der Waals surface area contributed by atoms with Gasteiger partial charge >= 0.3 is 0 Å². The van der Waals surface area contributed by atoms with Crippen LogP contribution in [0.4, 0.5) is 0 Å². The van der Waals surface area contributed by atoms with E-state index in [9.17, 15) is 0 Å². The molecule has 2 unspecified atom stereocenters. The van der Waals surface area contributed by atoms with Crippen LogP contribution in [-0.4, -0.2) is 0 Å². The number of hydrogen-bond acceptors (Lipinski definition) is 1. The first-order valence-corrected chi connectivity index (χ1v) is 7.57. The maximum Gasteiger partial charge on any atom is 0.0456 e. The molecular formula is C16H24ClN. The molecule has 18 heavy (non-hydrogen) atoms. The monoisotopic (exact) mass is 265 g/mol. The summed E-state index contributed by atoms with van der Waals surface area (Å²) in [4.78, 5) is 0. The van der Waals surface area contributed by atoms with Crippen LogP contribution in [0.25, 0.3) is 0 Å². The van der Waals surface area contributed by atoms with Crippen LogP contribution in [0.15, 0.2) is 24.3 Å². The van der Waals surface area contributed by atoms with Gasteiger partial charge in [-0.3, -0.25) is 0 Å². The molecule has 0 aliphatic heterocycles. The van der Waals surface area contributed by atoms with Gasteiger partial charge in [-0.1, -0.05) is 62.4 Å². The molecule has 0 heterocycles. The van der Waals surface area contributed by atoms with E-state index in [0.717, 1.165) is 29.3 Å². The third kappa shape index (κ3) is 3.07. The Morgan fingerprint density at radius 3 is 2.78 bits per heavy atom. The highest BCUT2D eigenvalue weighted by molar-refractivity contribution is 6.31. The van der Waals surface area contributed by atoms with Gasteiger partial charge in [0.2, 0.25) is 0 Å². The molecule has 1 aromatic rings. The zero-order valence-electron chi connectivity index (χ0n) is 11.3. The van der Waals surface area contributed by atoms with Gasteiger partial charge < -0.3 is 5.73 Å². The van der Waals surface area contributed by atoms with E-state index in [0.29, 0.717) is 0 Å². The second-order valence-electron chi connectivity index (χ2n) is 5.72. The van der Waals surface area contributed by atoms with Crippen molar-refractivity contribution >= 4 is 11.6 Å². The van der Waals surface area contributed by atoms with Gasteiger partial charge in [-0.25, -0.2) is 0 Å². The predicted octanol–water partition coefficient (Wildman–Crippen LogP) is 4.87. The minimum atomic E-state index is -0.208. The Labute approximate surface area is 116 Å². The van der Waals surface area contributed by atoms with Crippen LogP contribution < -0.4 is 5.73 Å². The zero-order valence-corrected chi connectivity index (χ0v) is 12.0. The first-order chi connectivity index (χ1) is 8.65. The molecule has 1 aliphatic carbocycles. The minimum absolute atomic E-state index is 0.208. The molecule has 0 saturated heterocycles. The predicted molar refractivity (Wildman–Crippen MR) is 78.8 cm³/mol. The summed E-state index contributed by atoms with van der Waals surface area (Å²) >= 11 is 6.32. The van der Waals surface area contributed by atoms with E-state index in [2.05, 4.69) is 13.0 Å². The SMILES string of the molecule is CCCC1CCCC(N)(c2ccccc2Cl)CC1. The van der Waals surface area contributed by atoms with Gasteiger partial charge in [-0.2, -0.15) is 0 Å². The normalized spacial score (nSPS) is 28.9. The lowest BCUT2D eigenvalue weighted by Gasteiger charge is -2.29. The van der Waals surface area contributed by atoms with Crippen molar-refractivity contribution < 1.29 is 0 Å². The lowest BCUT2D eigenvalue weighted by atomic mass is 9.83. The van der Waals surface area contributed by atoms with Crippen LogP contribution in [0.3, 0.4) is 0 Å². The van der Waals surface area contributed by atoms with Crippen molar-refractivity contribution in [2.45, 2.75) is 57.4 Å². The van der Waals surface area contributed by atoms with Crippen molar-refractivity contribution in [3.05, 3.63) is 34.9 Å². The summed E-state index contributed by atoms with van der Waals surface area (Å²) in [6, 6.07) is 8.08. The average Bonchev–Trinajstić information content (AvgIpc) is 2.54. The molecule has 0 radical (unpaired) electrons. The first-order valence-electron chi connectivity index (χ1n) is 7.19. The molecule has 2 atom stereocenters. The van der Waals surface area contributed by atoms with Gasteiger partial charge in [-0.05, 0) is 36.8 Å². The maximum atomic E-state index is 6.66. The van der Waals surface area contributed by atoms with E-state index in [1.54, 1.807) is 0 Å². The molecule has 0 amide bonds. The van der Waals surface area contributed by atoms with Gasteiger partial charge in [0.1, 0.15) is 0 Å². The topological polar surface area (TPSA) is 26.0 Å². The molecule has 2 heteroatoms. The highest BCUT2D eigenvalue weighted by atomic mass is 35.5. The molecule has 2 N–H and O–H groups in total. The standard InChI is InChI=1S/C16H24ClN/c1-2-6-13-7-5-11-16(18,12-10-13)14-8-3-4-9-15(14)17/h3-4,8-9,13H,2,5-7,10-12,18H2,1H3. The van der Waals surface area contributed by atoms with Gasteiger partial charge in [0.15, 0.2) is 0 Å². The smallest absolute Gasteiger partial charge is 0.0456 e. The Balaban J connectivity index is 2.14. The summed E-state index contributed by atoms with van der Waals surface area (Å²) in [7, 11) is 0. The number of hydrogen-bond donors (Lipinski definition) is 1. The highest BCUT2D eigenvalue weighted by Gasteiger charge is 2.32.